The number of anilines is 1. The van der Waals surface area contributed by atoms with Crippen molar-refractivity contribution in [3.05, 3.63) is 28.8 Å². The van der Waals surface area contributed by atoms with Crippen molar-refractivity contribution in [1.29, 1.82) is 0 Å². The quantitative estimate of drug-likeness (QED) is 0.414. The van der Waals surface area contributed by atoms with Crippen LogP contribution in [0.3, 0.4) is 0 Å². The zero-order chi connectivity index (χ0) is 18.5. The summed E-state index contributed by atoms with van der Waals surface area (Å²) in [6.45, 7) is 7.63. The van der Waals surface area contributed by atoms with E-state index < -0.39 is 5.97 Å². The van der Waals surface area contributed by atoms with Crippen LogP contribution in [-0.2, 0) is 9.53 Å². The molecule has 0 aliphatic carbocycles. The number of nitrogens with two attached hydrogens (primary N) is 1. The second-order valence-electron chi connectivity index (χ2n) is 5.88. The smallest absolute Gasteiger partial charge is 0.338 e. The van der Waals surface area contributed by atoms with Crippen LogP contribution in [0.2, 0.25) is 0 Å². The average molecular weight is 337 g/mol. The van der Waals surface area contributed by atoms with Crippen molar-refractivity contribution in [2.75, 3.05) is 12.3 Å². The molecule has 0 amide bonds. The van der Waals surface area contributed by atoms with Gasteiger partial charge in [-0.25, -0.2) is 4.79 Å². The van der Waals surface area contributed by atoms with Gasteiger partial charge in [-0.2, -0.15) is 0 Å². The molecule has 1 aromatic carbocycles. The molecule has 0 aliphatic rings. The van der Waals surface area contributed by atoms with Crippen molar-refractivity contribution in [2.24, 2.45) is 0 Å². The molecule has 0 heterocycles. The molecule has 0 atom stereocenters. The van der Waals surface area contributed by atoms with Crippen LogP contribution in [0.5, 0.6) is 0 Å². The number of rotatable bonds is 8. The van der Waals surface area contributed by atoms with Gasteiger partial charge >= 0.3 is 5.97 Å². The third-order valence-corrected chi connectivity index (χ3v) is 3.78. The summed E-state index contributed by atoms with van der Waals surface area (Å²) in [5, 5.41) is 7.42. The van der Waals surface area contributed by atoms with E-state index in [4.69, 9.17) is 20.4 Å². The van der Waals surface area contributed by atoms with E-state index in [2.05, 4.69) is 6.92 Å². The molecule has 0 saturated heterocycles. The Morgan fingerprint density at radius 2 is 1.58 bits per heavy atom. The maximum absolute atomic E-state index is 12.0. The summed E-state index contributed by atoms with van der Waals surface area (Å²) in [5.41, 5.74) is 9.03. The van der Waals surface area contributed by atoms with Gasteiger partial charge in [-0.05, 0) is 43.5 Å². The fourth-order valence-electron chi connectivity index (χ4n) is 2.19. The van der Waals surface area contributed by atoms with E-state index >= 15 is 0 Å². The van der Waals surface area contributed by atoms with E-state index in [0.29, 0.717) is 12.2 Å². The summed E-state index contributed by atoms with van der Waals surface area (Å²) in [6, 6.07) is 3.52. The number of carboxylic acids is 1. The molecule has 0 saturated carbocycles. The molecule has 0 aromatic heterocycles. The largest absolute Gasteiger partial charge is 0.481 e. The van der Waals surface area contributed by atoms with E-state index in [0.717, 1.165) is 36.6 Å². The van der Waals surface area contributed by atoms with Gasteiger partial charge < -0.3 is 15.6 Å². The Balaban J connectivity index is 0.00000118. The number of benzene rings is 1. The zero-order valence-corrected chi connectivity index (χ0v) is 15.4. The van der Waals surface area contributed by atoms with Gasteiger partial charge in [-0.15, -0.1) is 0 Å². The van der Waals surface area contributed by atoms with Crippen molar-refractivity contribution < 1.29 is 19.4 Å². The standard InChI is InChI=1S/C17H27NO2.C2H4O2/c1-4-5-6-7-8-9-12-20-17(19)15-10-11-16(18)14(3)13(15)2;1-2(3)4/h10-11H,4-9,12,18H2,1-3H3;1H3,(H,3,4). The Morgan fingerprint density at radius 1 is 1.04 bits per heavy atom. The number of hydrogen-bond donors (Lipinski definition) is 2. The topological polar surface area (TPSA) is 89.6 Å². The minimum Gasteiger partial charge on any atom is -0.481 e. The Hall–Kier alpha value is -2.04. The van der Waals surface area contributed by atoms with Gasteiger partial charge in [0.2, 0.25) is 0 Å². The molecule has 0 bridgehead atoms. The van der Waals surface area contributed by atoms with E-state index in [-0.39, 0.29) is 5.97 Å². The molecule has 136 valence electrons. The van der Waals surface area contributed by atoms with Crippen LogP contribution in [0.1, 0.15) is 73.9 Å². The second-order valence-corrected chi connectivity index (χ2v) is 5.88. The normalized spacial score (nSPS) is 9.83. The lowest BCUT2D eigenvalue weighted by molar-refractivity contribution is -0.134. The summed E-state index contributed by atoms with van der Waals surface area (Å²) < 4.78 is 5.33. The maximum Gasteiger partial charge on any atom is 0.338 e. The highest BCUT2D eigenvalue weighted by atomic mass is 16.5. The van der Waals surface area contributed by atoms with Crippen LogP contribution in [0, 0.1) is 13.8 Å². The molecular formula is C19H31NO4. The van der Waals surface area contributed by atoms with E-state index in [1.165, 1.54) is 25.7 Å². The first-order valence-electron chi connectivity index (χ1n) is 8.53. The predicted octanol–water partition coefficient (Wildman–Crippen LogP) is 4.49. The van der Waals surface area contributed by atoms with Gasteiger partial charge in [0.15, 0.2) is 0 Å². The minimum atomic E-state index is -0.833. The summed E-state index contributed by atoms with van der Waals surface area (Å²) >= 11 is 0. The van der Waals surface area contributed by atoms with Crippen LogP contribution in [-0.4, -0.2) is 23.7 Å². The number of carboxylic acid groups (broad SMARTS) is 1. The number of carbonyl (C=O) groups excluding carboxylic acids is 1. The highest BCUT2D eigenvalue weighted by molar-refractivity contribution is 5.92. The van der Waals surface area contributed by atoms with Crippen LogP contribution in [0.15, 0.2) is 12.1 Å². The first-order chi connectivity index (χ1) is 11.3. The molecular weight excluding hydrogens is 306 g/mol. The molecule has 0 unspecified atom stereocenters. The highest BCUT2D eigenvalue weighted by Gasteiger charge is 2.12. The van der Waals surface area contributed by atoms with E-state index in [9.17, 15) is 4.79 Å². The zero-order valence-electron chi connectivity index (χ0n) is 15.4. The molecule has 0 aliphatic heterocycles. The Labute approximate surface area is 145 Å². The number of esters is 1. The van der Waals surface area contributed by atoms with Gasteiger partial charge in [0, 0.05) is 12.6 Å². The van der Waals surface area contributed by atoms with Crippen molar-refractivity contribution in [3.8, 4) is 0 Å². The first kappa shape index (κ1) is 22.0. The molecule has 5 nitrogen and oxygen atoms in total. The van der Waals surface area contributed by atoms with Crippen molar-refractivity contribution in [1.82, 2.24) is 0 Å². The lowest BCUT2D eigenvalue weighted by atomic mass is 10.0. The van der Waals surface area contributed by atoms with Crippen molar-refractivity contribution in [2.45, 2.75) is 66.2 Å². The van der Waals surface area contributed by atoms with E-state index in [1.807, 2.05) is 13.8 Å². The van der Waals surface area contributed by atoms with Crippen LogP contribution in [0.25, 0.3) is 0 Å². The number of ether oxygens (including phenoxy) is 1. The third-order valence-electron chi connectivity index (χ3n) is 3.78. The molecule has 1 aromatic rings. The minimum absolute atomic E-state index is 0.237. The molecule has 0 radical (unpaired) electrons. The number of carbonyl (C=O) groups is 2. The van der Waals surface area contributed by atoms with Crippen molar-refractivity contribution in [3.63, 3.8) is 0 Å². The van der Waals surface area contributed by atoms with Crippen molar-refractivity contribution >= 4 is 17.6 Å². The Morgan fingerprint density at radius 3 is 2.17 bits per heavy atom. The van der Waals surface area contributed by atoms with Gasteiger partial charge in [0.1, 0.15) is 0 Å². The summed E-state index contributed by atoms with van der Waals surface area (Å²) in [6.07, 6.45) is 7.13. The van der Waals surface area contributed by atoms with E-state index in [1.54, 1.807) is 12.1 Å². The molecule has 5 heteroatoms. The number of nitrogen functional groups attached to an aromatic ring is 1. The van der Waals surface area contributed by atoms with Crippen LogP contribution >= 0.6 is 0 Å². The SMILES string of the molecule is CC(=O)O.CCCCCCCCOC(=O)c1ccc(N)c(C)c1C. The number of unbranched alkanes of at least 4 members (excludes halogenated alkanes) is 5. The molecule has 1 rings (SSSR count). The molecule has 0 spiro atoms. The first-order valence-corrected chi connectivity index (χ1v) is 8.53. The Kier molecular flexibility index (Phi) is 11.3. The van der Waals surface area contributed by atoms with Gasteiger partial charge in [-0.3, -0.25) is 4.79 Å². The summed E-state index contributed by atoms with van der Waals surface area (Å²) in [4.78, 5) is 21.0. The van der Waals surface area contributed by atoms with Gasteiger partial charge in [0.25, 0.3) is 5.97 Å². The highest BCUT2D eigenvalue weighted by Crippen LogP contribution is 2.20. The van der Waals surface area contributed by atoms with Crippen LogP contribution < -0.4 is 5.73 Å². The van der Waals surface area contributed by atoms with Gasteiger partial charge in [-0.1, -0.05) is 39.0 Å². The number of hydrogen-bond acceptors (Lipinski definition) is 4. The fourth-order valence-corrected chi connectivity index (χ4v) is 2.19. The van der Waals surface area contributed by atoms with Crippen LogP contribution in [0.4, 0.5) is 5.69 Å². The summed E-state index contributed by atoms with van der Waals surface area (Å²) in [7, 11) is 0. The molecule has 0 fully saturated rings. The average Bonchev–Trinajstić information content (AvgIpc) is 2.51. The third kappa shape index (κ3) is 9.18. The second kappa shape index (κ2) is 12.4. The monoisotopic (exact) mass is 337 g/mol. The lowest BCUT2D eigenvalue weighted by Crippen LogP contribution is -2.09. The lowest BCUT2D eigenvalue weighted by Gasteiger charge is -2.10. The fraction of sp³-hybridized carbons (Fsp3) is 0.579. The maximum atomic E-state index is 12.0. The predicted molar refractivity (Wildman–Crippen MR) is 97.3 cm³/mol. The summed E-state index contributed by atoms with van der Waals surface area (Å²) in [5.74, 6) is -1.07. The Bertz CT molecular complexity index is 522. The molecule has 24 heavy (non-hydrogen) atoms. The van der Waals surface area contributed by atoms with Gasteiger partial charge in [0.05, 0.1) is 12.2 Å². The molecule has 3 N–H and O–H groups in total. The number of aliphatic carboxylic acids is 1.